The first-order valence-electron chi connectivity index (χ1n) is 13.2. The first kappa shape index (κ1) is 30.1. The van der Waals surface area contributed by atoms with E-state index < -0.39 is 29.7 Å². The van der Waals surface area contributed by atoms with Gasteiger partial charge in [-0.3, -0.25) is 9.59 Å². The number of carbonyl (C=O) groups excluding carboxylic acids is 2. The van der Waals surface area contributed by atoms with E-state index in [1.54, 1.807) is 32.9 Å². The van der Waals surface area contributed by atoms with E-state index in [4.69, 9.17) is 10.5 Å². The van der Waals surface area contributed by atoms with E-state index in [9.17, 15) is 24.2 Å². The summed E-state index contributed by atoms with van der Waals surface area (Å²) in [5, 5.41) is 21.2. The molecule has 3 aromatic rings. The fourth-order valence-corrected chi connectivity index (χ4v) is 4.90. The first-order chi connectivity index (χ1) is 18.3. The van der Waals surface area contributed by atoms with Crippen molar-refractivity contribution in [2.75, 3.05) is 0 Å². The van der Waals surface area contributed by atoms with Crippen molar-refractivity contribution in [3.05, 3.63) is 71.8 Å². The number of ether oxygens (including phenoxy) is 1. The van der Waals surface area contributed by atoms with Gasteiger partial charge in [-0.2, -0.15) is 0 Å². The van der Waals surface area contributed by atoms with Crippen LogP contribution >= 0.6 is 0 Å². The lowest BCUT2D eigenvalue weighted by molar-refractivity contribution is -0.157. The summed E-state index contributed by atoms with van der Waals surface area (Å²) in [5.74, 6) is -1.51. The number of hydrogen-bond acceptors (Lipinski definition) is 5. The minimum atomic E-state index is -1.07. The average Bonchev–Trinajstić information content (AvgIpc) is 3.18. The molecule has 0 aliphatic carbocycles. The Labute approximate surface area is 229 Å². The number of hydrogen-bond donors (Lipinski definition) is 3. The van der Waals surface area contributed by atoms with E-state index in [0.29, 0.717) is 23.2 Å². The summed E-state index contributed by atoms with van der Waals surface area (Å²) in [6, 6.07) is 15.3. The fourth-order valence-electron chi connectivity index (χ4n) is 4.90. The highest BCUT2D eigenvalue weighted by Crippen LogP contribution is 2.42. The molecule has 0 bridgehead atoms. The summed E-state index contributed by atoms with van der Waals surface area (Å²) in [5.41, 5.74) is 9.28. The van der Waals surface area contributed by atoms with Gasteiger partial charge in [0.05, 0.1) is 18.6 Å². The number of aliphatic hydroxyl groups is 2. The predicted molar refractivity (Wildman–Crippen MR) is 150 cm³/mol. The SMILES string of the molecule is CC(C)n1c(CCC(O)CC(O)CC(=O)OC(C)(C)C)c(-c2ccc(F)cc2)c(-c2ccccc2)c1C(N)=O. The summed E-state index contributed by atoms with van der Waals surface area (Å²) in [7, 11) is 0. The highest BCUT2D eigenvalue weighted by molar-refractivity contribution is 6.04. The molecule has 39 heavy (non-hydrogen) atoms. The molecule has 0 aliphatic heterocycles. The molecule has 2 aromatic carbocycles. The van der Waals surface area contributed by atoms with Gasteiger partial charge >= 0.3 is 5.97 Å². The maximum atomic E-state index is 13.9. The van der Waals surface area contributed by atoms with Crippen molar-refractivity contribution in [2.24, 2.45) is 5.73 Å². The van der Waals surface area contributed by atoms with Gasteiger partial charge in [0.15, 0.2) is 0 Å². The van der Waals surface area contributed by atoms with Gasteiger partial charge < -0.3 is 25.3 Å². The van der Waals surface area contributed by atoms with Crippen LogP contribution < -0.4 is 5.73 Å². The molecule has 0 saturated carbocycles. The van der Waals surface area contributed by atoms with Crippen molar-refractivity contribution in [3.63, 3.8) is 0 Å². The third kappa shape index (κ3) is 7.77. The number of aromatic nitrogens is 1. The van der Waals surface area contributed by atoms with Crippen LogP contribution in [0, 0.1) is 5.82 Å². The number of esters is 1. The van der Waals surface area contributed by atoms with Gasteiger partial charge in [-0.25, -0.2) is 4.39 Å². The summed E-state index contributed by atoms with van der Waals surface area (Å²) in [6.07, 6.45) is -1.62. The number of nitrogens with two attached hydrogens (primary N) is 1. The third-order valence-electron chi connectivity index (χ3n) is 6.33. The third-order valence-corrected chi connectivity index (χ3v) is 6.33. The summed E-state index contributed by atoms with van der Waals surface area (Å²) in [4.78, 5) is 24.9. The smallest absolute Gasteiger partial charge is 0.308 e. The monoisotopic (exact) mass is 538 g/mol. The van der Waals surface area contributed by atoms with Gasteiger partial charge in [0.25, 0.3) is 5.91 Å². The summed E-state index contributed by atoms with van der Waals surface area (Å²) >= 11 is 0. The molecule has 1 aromatic heterocycles. The molecule has 0 saturated heterocycles. The van der Waals surface area contributed by atoms with Crippen LogP contribution in [0.15, 0.2) is 54.6 Å². The number of benzene rings is 2. The van der Waals surface area contributed by atoms with Gasteiger partial charge in [-0.1, -0.05) is 42.5 Å². The zero-order valence-corrected chi connectivity index (χ0v) is 23.3. The van der Waals surface area contributed by atoms with Crippen LogP contribution in [-0.2, 0) is 16.0 Å². The second-order valence-electron chi connectivity index (χ2n) is 11.1. The minimum Gasteiger partial charge on any atom is -0.460 e. The van der Waals surface area contributed by atoms with Gasteiger partial charge in [-0.15, -0.1) is 0 Å². The second-order valence-corrected chi connectivity index (χ2v) is 11.1. The highest BCUT2D eigenvalue weighted by Gasteiger charge is 2.29. The molecule has 0 aliphatic rings. The Morgan fingerprint density at radius 3 is 2.08 bits per heavy atom. The maximum absolute atomic E-state index is 13.9. The Hall–Kier alpha value is -3.49. The number of nitrogens with zero attached hydrogens (tertiary/aromatic N) is 1. The van der Waals surface area contributed by atoms with Crippen molar-refractivity contribution >= 4 is 11.9 Å². The van der Waals surface area contributed by atoms with Crippen molar-refractivity contribution in [1.82, 2.24) is 4.57 Å². The number of rotatable bonds is 11. The Balaban J connectivity index is 2.00. The lowest BCUT2D eigenvalue weighted by Crippen LogP contribution is -2.28. The van der Waals surface area contributed by atoms with E-state index in [0.717, 1.165) is 16.8 Å². The van der Waals surface area contributed by atoms with Crippen LogP contribution in [0.25, 0.3) is 22.3 Å². The molecule has 7 nitrogen and oxygen atoms in total. The zero-order valence-electron chi connectivity index (χ0n) is 23.3. The van der Waals surface area contributed by atoms with Crippen LogP contribution in [0.3, 0.4) is 0 Å². The minimum absolute atomic E-state index is 0.0122. The molecular weight excluding hydrogens is 499 g/mol. The Kier molecular flexibility index (Phi) is 9.69. The van der Waals surface area contributed by atoms with E-state index in [2.05, 4.69) is 0 Å². The number of primary amides is 1. The van der Waals surface area contributed by atoms with E-state index >= 15 is 0 Å². The fraction of sp³-hybridized carbons (Fsp3) is 0.419. The topological polar surface area (TPSA) is 115 Å². The zero-order chi connectivity index (χ0) is 28.9. The molecule has 210 valence electrons. The molecular formula is C31H39FN2O5. The van der Waals surface area contributed by atoms with Crippen LogP contribution in [0.1, 0.15) is 76.1 Å². The van der Waals surface area contributed by atoms with Crippen LogP contribution in [0.2, 0.25) is 0 Å². The number of carbonyl (C=O) groups is 2. The molecule has 1 heterocycles. The molecule has 0 radical (unpaired) electrons. The Morgan fingerprint density at radius 2 is 1.54 bits per heavy atom. The molecule has 2 unspecified atom stereocenters. The van der Waals surface area contributed by atoms with Crippen LogP contribution in [0.4, 0.5) is 4.39 Å². The molecule has 3 rings (SSSR count). The van der Waals surface area contributed by atoms with Crippen molar-refractivity contribution in [3.8, 4) is 22.3 Å². The highest BCUT2D eigenvalue weighted by atomic mass is 19.1. The van der Waals surface area contributed by atoms with Crippen molar-refractivity contribution in [2.45, 2.75) is 84.2 Å². The summed E-state index contributed by atoms with van der Waals surface area (Å²) < 4.78 is 21.0. The number of aliphatic hydroxyl groups excluding tert-OH is 2. The van der Waals surface area contributed by atoms with Crippen molar-refractivity contribution < 1.29 is 28.9 Å². The van der Waals surface area contributed by atoms with Gasteiger partial charge in [0, 0.05) is 22.9 Å². The normalized spacial score (nSPS) is 13.4. The lowest BCUT2D eigenvalue weighted by Gasteiger charge is -2.22. The lowest BCUT2D eigenvalue weighted by atomic mass is 9.93. The second kappa shape index (κ2) is 12.6. The number of halogens is 1. The van der Waals surface area contributed by atoms with E-state index in [1.165, 1.54) is 12.1 Å². The molecule has 0 fully saturated rings. The van der Waals surface area contributed by atoms with Crippen molar-refractivity contribution in [1.29, 1.82) is 0 Å². The van der Waals surface area contributed by atoms with Crippen LogP contribution in [-0.4, -0.2) is 44.5 Å². The Bertz CT molecular complexity index is 1280. The molecule has 4 N–H and O–H groups in total. The van der Waals surface area contributed by atoms with Gasteiger partial charge in [0.1, 0.15) is 17.1 Å². The standard InChI is InChI=1S/C31H39FN2O5/c1-19(2)34-25(16-15-23(35)17-24(36)18-26(37)39-31(3,4)5)27(21-11-13-22(32)14-12-21)28(29(34)30(33)38)20-9-7-6-8-10-20/h6-14,19,23-24,35-36H,15-18H2,1-5H3,(H2,33,38). The van der Waals surface area contributed by atoms with Gasteiger partial charge in [0.2, 0.25) is 0 Å². The first-order valence-corrected chi connectivity index (χ1v) is 13.2. The maximum Gasteiger partial charge on any atom is 0.308 e. The average molecular weight is 539 g/mol. The van der Waals surface area contributed by atoms with E-state index in [-0.39, 0.29) is 31.1 Å². The molecule has 0 spiro atoms. The summed E-state index contributed by atoms with van der Waals surface area (Å²) in [6.45, 7) is 9.14. The quantitative estimate of drug-likeness (QED) is 0.282. The van der Waals surface area contributed by atoms with Gasteiger partial charge in [-0.05, 0) is 77.1 Å². The van der Waals surface area contributed by atoms with E-state index in [1.807, 2.05) is 48.7 Å². The van der Waals surface area contributed by atoms with Crippen LogP contribution in [0.5, 0.6) is 0 Å². The molecule has 1 amide bonds. The Morgan fingerprint density at radius 1 is 0.949 bits per heavy atom. The predicted octanol–water partition coefficient (Wildman–Crippen LogP) is 5.42. The molecule has 2 atom stereocenters. The number of amides is 1. The molecule has 8 heteroatoms. The largest absolute Gasteiger partial charge is 0.460 e.